The highest BCUT2D eigenvalue weighted by Crippen LogP contribution is 2.28. The fraction of sp³-hybridized carbons (Fsp3) is 0.235. The summed E-state index contributed by atoms with van der Waals surface area (Å²) in [6.45, 7) is 1.79. The lowest BCUT2D eigenvalue weighted by atomic mass is 10.1. The zero-order chi connectivity index (χ0) is 16.5. The summed E-state index contributed by atoms with van der Waals surface area (Å²) in [6, 6.07) is 5.48. The van der Waals surface area contributed by atoms with Gasteiger partial charge in [-0.15, -0.1) is 0 Å². The van der Waals surface area contributed by atoms with E-state index >= 15 is 0 Å². The van der Waals surface area contributed by atoms with Gasteiger partial charge in [0.25, 0.3) is 0 Å². The maximum Gasteiger partial charge on any atom is 0.164 e. The molecule has 0 unspecified atom stereocenters. The summed E-state index contributed by atoms with van der Waals surface area (Å²) in [6.07, 6.45) is 6.29. The number of benzene rings is 1. The summed E-state index contributed by atoms with van der Waals surface area (Å²) >= 11 is 12.6. The largest absolute Gasteiger partial charge is 0.377 e. The molecule has 3 heterocycles. The van der Waals surface area contributed by atoms with Crippen molar-refractivity contribution in [1.29, 1.82) is 0 Å². The Hall–Kier alpha value is -1.95. The van der Waals surface area contributed by atoms with E-state index in [-0.39, 0.29) is 0 Å². The van der Waals surface area contributed by atoms with Crippen LogP contribution in [-0.4, -0.2) is 32.7 Å². The third-order valence-electron chi connectivity index (χ3n) is 3.98. The highest BCUT2D eigenvalue weighted by Gasteiger charge is 2.19. The molecular weight excluding hydrogens is 347 g/mol. The molecule has 0 saturated carbocycles. The number of fused-ring (bicyclic) bond motifs is 1. The Kier molecular flexibility index (Phi) is 4.22. The van der Waals surface area contributed by atoms with Crippen LogP contribution in [0.1, 0.15) is 17.8 Å². The lowest BCUT2D eigenvalue weighted by molar-refractivity contribution is 0.161. The molecular formula is C17H14Cl2N4O. The van der Waals surface area contributed by atoms with Crippen LogP contribution in [0.4, 0.5) is 0 Å². The van der Waals surface area contributed by atoms with E-state index in [1.54, 1.807) is 12.5 Å². The lowest BCUT2D eigenvalue weighted by Gasteiger charge is -2.12. The number of rotatable bonds is 3. The van der Waals surface area contributed by atoms with E-state index in [2.05, 4.69) is 9.97 Å². The van der Waals surface area contributed by atoms with Crippen molar-refractivity contribution in [3.05, 3.63) is 58.2 Å². The molecule has 1 aromatic carbocycles. The van der Waals surface area contributed by atoms with Crippen LogP contribution in [0.25, 0.3) is 17.1 Å². The standard InChI is InChI=1S/C17H14Cl2N4O/c18-13-2-1-3-14(19)12(13)9-23-10-20-8-15-17(23)22-16(21-15)11-4-6-24-7-5-11/h1-4,8,10H,5-7,9H2. The second-order valence-corrected chi connectivity index (χ2v) is 6.35. The lowest BCUT2D eigenvalue weighted by Crippen LogP contribution is -2.07. The van der Waals surface area contributed by atoms with Crippen molar-refractivity contribution in [2.75, 3.05) is 13.2 Å². The summed E-state index contributed by atoms with van der Waals surface area (Å²) in [4.78, 5) is 13.5. The summed E-state index contributed by atoms with van der Waals surface area (Å²) < 4.78 is 7.26. The molecule has 0 aromatic heterocycles. The Labute approximate surface area is 149 Å². The number of halogens is 2. The summed E-state index contributed by atoms with van der Waals surface area (Å²) in [7, 11) is 0. The van der Waals surface area contributed by atoms with E-state index in [1.165, 1.54) is 0 Å². The topological polar surface area (TPSA) is 52.8 Å². The number of hydrogen-bond donors (Lipinski definition) is 0. The van der Waals surface area contributed by atoms with Gasteiger partial charge in [0.2, 0.25) is 0 Å². The summed E-state index contributed by atoms with van der Waals surface area (Å²) in [5.74, 6) is 1.50. The molecule has 0 bridgehead atoms. The fourth-order valence-electron chi connectivity index (χ4n) is 2.73. The normalized spacial score (nSPS) is 14.8. The molecule has 0 atom stereocenters. The van der Waals surface area contributed by atoms with Crippen LogP contribution in [0.3, 0.4) is 0 Å². The molecule has 7 heteroatoms. The SMILES string of the molecule is Clc1cccc(Cl)c1Cn1cncc2nc(C3=CCOCC3)nc1-2. The van der Waals surface area contributed by atoms with Gasteiger partial charge in [-0.3, -0.25) is 0 Å². The van der Waals surface area contributed by atoms with E-state index in [0.29, 0.717) is 29.8 Å². The van der Waals surface area contributed by atoms with Crippen LogP contribution in [0, 0.1) is 0 Å². The third kappa shape index (κ3) is 2.90. The number of ether oxygens (including phenoxy) is 1. The van der Waals surface area contributed by atoms with Crippen LogP contribution in [0.5, 0.6) is 0 Å². The van der Waals surface area contributed by atoms with E-state index in [4.69, 9.17) is 32.9 Å². The highest BCUT2D eigenvalue weighted by molar-refractivity contribution is 6.35. The molecule has 0 radical (unpaired) electrons. The van der Waals surface area contributed by atoms with E-state index in [1.807, 2.05) is 28.8 Å². The first-order valence-electron chi connectivity index (χ1n) is 7.60. The van der Waals surface area contributed by atoms with Crippen LogP contribution in [0.2, 0.25) is 10.0 Å². The monoisotopic (exact) mass is 360 g/mol. The van der Waals surface area contributed by atoms with Crippen LogP contribution < -0.4 is 0 Å². The predicted octanol–water partition coefficient (Wildman–Crippen LogP) is 3.94. The minimum absolute atomic E-state index is 0.489. The number of imidazole rings is 1. The molecule has 1 aromatic rings. The Morgan fingerprint density at radius 1 is 1.17 bits per heavy atom. The molecule has 4 rings (SSSR count). The molecule has 0 saturated heterocycles. The Morgan fingerprint density at radius 2 is 2.00 bits per heavy atom. The summed E-state index contributed by atoms with van der Waals surface area (Å²) in [5, 5.41) is 1.25. The van der Waals surface area contributed by atoms with Gasteiger partial charge in [-0.05, 0) is 24.1 Å². The van der Waals surface area contributed by atoms with Gasteiger partial charge in [-0.1, -0.05) is 35.3 Å². The quantitative estimate of drug-likeness (QED) is 0.709. The second-order valence-electron chi connectivity index (χ2n) is 5.53. The van der Waals surface area contributed by atoms with Crippen molar-refractivity contribution in [2.45, 2.75) is 13.0 Å². The Bertz CT molecular complexity index is 870. The van der Waals surface area contributed by atoms with E-state index in [9.17, 15) is 0 Å². The van der Waals surface area contributed by atoms with Crippen LogP contribution in [-0.2, 0) is 11.3 Å². The van der Waals surface area contributed by atoms with Crippen molar-refractivity contribution in [2.24, 2.45) is 0 Å². The smallest absolute Gasteiger partial charge is 0.164 e. The zero-order valence-electron chi connectivity index (χ0n) is 12.7. The first-order chi connectivity index (χ1) is 11.7. The van der Waals surface area contributed by atoms with Crippen LogP contribution >= 0.6 is 23.2 Å². The van der Waals surface area contributed by atoms with E-state index < -0.39 is 0 Å². The Balaban J connectivity index is 1.74. The number of aromatic nitrogens is 4. The van der Waals surface area contributed by atoms with Crippen molar-refractivity contribution < 1.29 is 4.74 Å². The van der Waals surface area contributed by atoms with Gasteiger partial charge in [0, 0.05) is 15.6 Å². The molecule has 24 heavy (non-hydrogen) atoms. The molecule has 0 amide bonds. The minimum Gasteiger partial charge on any atom is -0.377 e. The van der Waals surface area contributed by atoms with E-state index in [0.717, 1.165) is 34.9 Å². The molecule has 122 valence electrons. The summed E-state index contributed by atoms with van der Waals surface area (Å²) in [5.41, 5.74) is 2.71. The fourth-order valence-corrected chi connectivity index (χ4v) is 3.24. The molecule has 3 aliphatic heterocycles. The first-order valence-corrected chi connectivity index (χ1v) is 8.36. The maximum atomic E-state index is 6.28. The second kappa shape index (κ2) is 6.51. The Morgan fingerprint density at radius 3 is 2.75 bits per heavy atom. The highest BCUT2D eigenvalue weighted by atomic mass is 35.5. The number of hydrogen-bond acceptors (Lipinski definition) is 4. The molecule has 0 N–H and O–H groups in total. The van der Waals surface area contributed by atoms with Crippen molar-refractivity contribution in [3.8, 4) is 11.5 Å². The first kappa shape index (κ1) is 15.6. The minimum atomic E-state index is 0.489. The molecule has 0 spiro atoms. The van der Waals surface area contributed by atoms with Gasteiger partial charge in [0.1, 0.15) is 5.69 Å². The van der Waals surface area contributed by atoms with Gasteiger partial charge >= 0.3 is 0 Å². The van der Waals surface area contributed by atoms with Gasteiger partial charge in [0.15, 0.2) is 11.6 Å². The molecule has 5 nitrogen and oxygen atoms in total. The van der Waals surface area contributed by atoms with Gasteiger partial charge in [-0.25, -0.2) is 15.0 Å². The van der Waals surface area contributed by atoms with Crippen molar-refractivity contribution >= 4 is 28.8 Å². The number of nitrogens with zero attached hydrogens (tertiary/aromatic N) is 4. The van der Waals surface area contributed by atoms with Gasteiger partial charge in [-0.2, -0.15) is 0 Å². The predicted molar refractivity (Wildman–Crippen MR) is 93.4 cm³/mol. The van der Waals surface area contributed by atoms with Crippen LogP contribution in [0.15, 0.2) is 36.8 Å². The third-order valence-corrected chi connectivity index (χ3v) is 4.69. The molecule has 3 aliphatic rings. The van der Waals surface area contributed by atoms with Crippen molar-refractivity contribution in [1.82, 2.24) is 19.5 Å². The molecule has 0 fully saturated rings. The average Bonchev–Trinajstić information content (AvgIpc) is 3.04. The van der Waals surface area contributed by atoms with Gasteiger partial charge in [0.05, 0.1) is 32.3 Å². The maximum absolute atomic E-state index is 6.28. The van der Waals surface area contributed by atoms with Gasteiger partial charge < -0.3 is 9.30 Å². The van der Waals surface area contributed by atoms with Crippen molar-refractivity contribution in [3.63, 3.8) is 0 Å². The zero-order valence-corrected chi connectivity index (χ0v) is 14.3. The average molecular weight is 361 g/mol. The molecule has 0 aliphatic carbocycles.